The standard InChI is InChI=1S/C9H6BClN2O3/c11-9-8-6(12-13-9)4-2-1-3-5(10(14)15)7(4)16-8/h1-3,14-15H,(H,12,13). The Hall–Kier alpha value is -1.50. The van der Waals surface area contributed by atoms with Crippen molar-refractivity contribution in [2.75, 3.05) is 0 Å². The van der Waals surface area contributed by atoms with Crippen LogP contribution in [0.25, 0.3) is 22.1 Å². The average molecular weight is 236 g/mol. The van der Waals surface area contributed by atoms with E-state index in [9.17, 15) is 10.0 Å². The second-order valence-electron chi connectivity index (χ2n) is 3.42. The summed E-state index contributed by atoms with van der Waals surface area (Å²) in [7, 11) is -1.58. The molecule has 16 heavy (non-hydrogen) atoms. The number of halogens is 1. The summed E-state index contributed by atoms with van der Waals surface area (Å²) in [5.41, 5.74) is 1.79. The molecule has 0 aliphatic heterocycles. The Morgan fingerprint density at radius 3 is 2.88 bits per heavy atom. The van der Waals surface area contributed by atoms with Crippen molar-refractivity contribution in [3.8, 4) is 0 Å². The van der Waals surface area contributed by atoms with Crippen molar-refractivity contribution in [1.82, 2.24) is 10.2 Å². The largest absolute Gasteiger partial charge is 0.492 e. The van der Waals surface area contributed by atoms with E-state index in [0.29, 0.717) is 22.1 Å². The van der Waals surface area contributed by atoms with Crippen molar-refractivity contribution in [3.63, 3.8) is 0 Å². The molecule has 5 nitrogen and oxygen atoms in total. The number of hydrogen-bond donors (Lipinski definition) is 3. The zero-order valence-corrected chi connectivity index (χ0v) is 8.69. The summed E-state index contributed by atoms with van der Waals surface area (Å²) in [4.78, 5) is 0. The summed E-state index contributed by atoms with van der Waals surface area (Å²) in [5.74, 6) is 0. The lowest BCUT2D eigenvalue weighted by atomic mass is 9.79. The lowest BCUT2D eigenvalue weighted by Gasteiger charge is -1.98. The van der Waals surface area contributed by atoms with Gasteiger partial charge in [-0.2, -0.15) is 5.10 Å². The monoisotopic (exact) mass is 236 g/mol. The Morgan fingerprint density at radius 2 is 2.12 bits per heavy atom. The predicted molar refractivity (Wildman–Crippen MR) is 60.7 cm³/mol. The molecule has 1 aromatic carbocycles. The molecule has 0 amide bonds. The minimum Gasteiger partial charge on any atom is -0.451 e. The third-order valence-corrected chi connectivity index (χ3v) is 2.73. The van der Waals surface area contributed by atoms with Crippen LogP contribution in [0.15, 0.2) is 22.6 Å². The molecule has 2 aromatic heterocycles. The first-order chi connectivity index (χ1) is 7.68. The maximum Gasteiger partial charge on any atom is 0.492 e. The maximum atomic E-state index is 9.19. The molecule has 2 heterocycles. The summed E-state index contributed by atoms with van der Waals surface area (Å²) >= 11 is 5.81. The van der Waals surface area contributed by atoms with E-state index in [1.165, 1.54) is 0 Å². The third kappa shape index (κ3) is 1.18. The molecule has 0 atom stereocenters. The van der Waals surface area contributed by atoms with Gasteiger partial charge in [-0.1, -0.05) is 23.7 Å². The summed E-state index contributed by atoms with van der Waals surface area (Å²) < 4.78 is 5.47. The molecule has 0 aliphatic carbocycles. The van der Waals surface area contributed by atoms with Gasteiger partial charge in [-0.05, 0) is 6.07 Å². The minimum atomic E-state index is -1.58. The van der Waals surface area contributed by atoms with Gasteiger partial charge >= 0.3 is 7.12 Å². The summed E-state index contributed by atoms with van der Waals surface area (Å²) in [6.45, 7) is 0. The Bertz CT molecular complexity index is 676. The van der Waals surface area contributed by atoms with E-state index in [4.69, 9.17) is 16.0 Å². The number of nitrogens with one attached hydrogen (secondary N) is 1. The average Bonchev–Trinajstić information content (AvgIpc) is 2.78. The highest BCUT2D eigenvalue weighted by Gasteiger charge is 2.21. The number of nitrogens with zero attached hydrogens (tertiary/aromatic N) is 1. The fourth-order valence-corrected chi connectivity index (χ4v) is 1.93. The van der Waals surface area contributed by atoms with Crippen LogP contribution in [0.1, 0.15) is 0 Å². The van der Waals surface area contributed by atoms with Gasteiger partial charge in [0, 0.05) is 10.8 Å². The van der Waals surface area contributed by atoms with Crippen molar-refractivity contribution in [1.29, 1.82) is 0 Å². The topological polar surface area (TPSA) is 82.3 Å². The van der Waals surface area contributed by atoms with Gasteiger partial charge in [0.25, 0.3) is 0 Å². The van der Waals surface area contributed by atoms with Crippen LogP contribution >= 0.6 is 11.6 Å². The molecule has 0 spiro atoms. The van der Waals surface area contributed by atoms with E-state index < -0.39 is 7.12 Å². The second kappa shape index (κ2) is 3.25. The summed E-state index contributed by atoms with van der Waals surface area (Å²) in [5, 5.41) is 25.9. The molecule has 0 unspecified atom stereocenters. The van der Waals surface area contributed by atoms with Crippen molar-refractivity contribution in [2.24, 2.45) is 0 Å². The van der Waals surface area contributed by atoms with E-state index in [-0.39, 0.29) is 5.15 Å². The number of furan rings is 1. The number of aromatic amines is 1. The van der Waals surface area contributed by atoms with Crippen LogP contribution in [-0.4, -0.2) is 27.4 Å². The smallest absolute Gasteiger partial charge is 0.451 e. The first kappa shape index (κ1) is 9.71. The molecule has 0 fully saturated rings. The molecular formula is C9H6BClN2O3. The highest BCUT2D eigenvalue weighted by Crippen LogP contribution is 2.30. The Labute approximate surface area is 94.8 Å². The molecule has 0 radical (unpaired) electrons. The van der Waals surface area contributed by atoms with Gasteiger partial charge in [0.15, 0.2) is 10.7 Å². The van der Waals surface area contributed by atoms with E-state index in [1.807, 2.05) is 0 Å². The molecule has 3 aromatic rings. The normalized spacial score (nSPS) is 11.4. The highest BCUT2D eigenvalue weighted by atomic mass is 35.5. The maximum absolute atomic E-state index is 9.19. The van der Waals surface area contributed by atoms with E-state index >= 15 is 0 Å². The molecular weight excluding hydrogens is 230 g/mol. The zero-order valence-electron chi connectivity index (χ0n) is 7.94. The predicted octanol–water partition coefficient (Wildman–Crippen LogP) is 0.642. The molecule has 3 rings (SSSR count). The Balaban J connectivity index is 2.48. The Kier molecular flexibility index (Phi) is 1.97. The number of para-hydroxylation sites is 1. The molecule has 80 valence electrons. The highest BCUT2D eigenvalue weighted by molar-refractivity contribution is 6.61. The van der Waals surface area contributed by atoms with Crippen LogP contribution in [0.4, 0.5) is 0 Å². The van der Waals surface area contributed by atoms with E-state index in [0.717, 1.165) is 5.39 Å². The van der Waals surface area contributed by atoms with Crippen LogP contribution in [0.5, 0.6) is 0 Å². The molecule has 7 heteroatoms. The number of fused-ring (bicyclic) bond motifs is 3. The van der Waals surface area contributed by atoms with Gasteiger partial charge in [-0.3, -0.25) is 5.10 Å². The number of aromatic nitrogens is 2. The number of hydrogen-bond acceptors (Lipinski definition) is 4. The lowest BCUT2D eigenvalue weighted by molar-refractivity contribution is 0.425. The van der Waals surface area contributed by atoms with Crippen LogP contribution in [0, 0.1) is 0 Å². The zero-order chi connectivity index (χ0) is 11.3. The van der Waals surface area contributed by atoms with Gasteiger partial charge in [-0.25, -0.2) is 0 Å². The summed E-state index contributed by atoms with van der Waals surface area (Å²) in [6, 6.07) is 5.08. The van der Waals surface area contributed by atoms with Crippen LogP contribution in [0.3, 0.4) is 0 Å². The fourth-order valence-electron chi connectivity index (χ4n) is 1.76. The van der Waals surface area contributed by atoms with E-state index in [2.05, 4.69) is 10.2 Å². The fraction of sp³-hybridized carbons (Fsp3) is 0. The molecule has 3 N–H and O–H groups in total. The molecule has 0 saturated heterocycles. The number of rotatable bonds is 1. The minimum absolute atomic E-state index is 0.226. The van der Waals surface area contributed by atoms with Crippen molar-refractivity contribution in [3.05, 3.63) is 23.4 Å². The van der Waals surface area contributed by atoms with Crippen LogP contribution in [-0.2, 0) is 0 Å². The van der Waals surface area contributed by atoms with Crippen molar-refractivity contribution >= 4 is 46.3 Å². The second-order valence-corrected chi connectivity index (χ2v) is 3.78. The first-order valence-corrected chi connectivity index (χ1v) is 4.97. The van der Waals surface area contributed by atoms with Gasteiger partial charge in [0.2, 0.25) is 0 Å². The molecule has 0 bridgehead atoms. The van der Waals surface area contributed by atoms with Crippen molar-refractivity contribution in [2.45, 2.75) is 0 Å². The van der Waals surface area contributed by atoms with Crippen molar-refractivity contribution < 1.29 is 14.5 Å². The third-order valence-electron chi connectivity index (χ3n) is 2.48. The number of benzene rings is 1. The van der Waals surface area contributed by atoms with Gasteiger partial charge in [0.1, 0.15) is 11.1 Å². The van der Waals surface area contributed by atoms with Gasteiger partial charge < -0.3 is 14.5 Å². The lowest BCUT2D eigenvalue weighted by Crippen LogP contribution is -2.29. The summed E-state index contributed by atoms with van der Waals surface area (Å²) in [6.07, 6.45) is 0. The Morgan fingerprint density at radius 1 is 1.31 bits per heavy atom. The van der Waals surface area contributed by atoms with Crippen LogP contribution < -0.4 is 5.46 Å². The van der Waals surface area contributed by atoms with Gasteiger partial charge in [0.05, 0.1) is 0 Å². The first-order valence-electron chi connectivity index (χ1n) is 4.59. The molecule has 0 saturated carbocycles. The quantitative estimate of drug-likeness (QED) is 0.542. The SMILES string of the molecule is OB(O)c1cccc2c1oc1c(Cl)n[nH]c12. The van der Waals surface area contributed by atoms with E-state index in [1.54, 1.807) is 18.2 Å². The number of H-pyrrole nitrogens is 1. The van der Waals surface area contributed by atoms with Gasteiger partial charge in [-0.15, -0.1) is 0 Å². The van der Waals surface area contributed by atoms with Crippen LogP contribution in [0.2, 0.25) is 5.15 Å². The molecule has 0 aliphatic rings.